The highest BCUT2D eigenvalue weighted by molar-refractivity contribution is 5.04. The lowest BCUT2D eigenvalue weighted by molar-refractivity contribution is 0.510. The average molecular weight is 179 g/mol. The molecule has 0 aromatic carbocycles. The molecule has 3 heteroatoms. The minimum absolute atomic E-state index is 0.378. The maximum Gasteiger partial charge on any atom is 0.115 e. The van der Waals surface area contributed by atoms with Crippen LogP contribution >= 0.6 is 0 Å². The lowest BCUT2D eigenvalue weighted by Gasteiger charge is -2.14. The highest BCUT2D eigenvalue weighted by Gasteiger charge is 2.08. The third-order valence-electron chi connectivity index (χ3n) is 2.16. The standard InChI is InChI=1S/C10H17N3/c1-3-4-5-9(11-2)10-6-7-12-8-13-10/h6-9,11H,3-5H2,1-2H3. The second kappa shape index (κ2) is 5.65. The normalized spacial score (nSPS) is 12.8. The molecule has 1 atom stereocenters. The first-order chi connectivity index (χ1) is 6.38. The van der Waals surface area contributed by atoms with E-state index in [-0.39, 0.29) is 0 Å². The van der Waals surface area contributed by atoms with Gasteiger partial charge in [-0.25, -0.2) is 9.97 Å². The second-order valence-corrected chi connectivity index (χ2v) is 3.12. The topological polar surface area (TPSA) is 37.8 Å². The fourth-order valence-corrected chi connectivity index (χ4v) is 1.36. The Labute approximate surface area is 79.6 Å². The molecule has 1 unspecified atom stereocenters. The van der Waals surface area contributed by atoms with E-state index in [1.807, 2.05) is 13.1 Å². The molecule has 1 rings (SSSR count). The van der Waals surface area contributed by atoms with Gasteiger partial charge < -0.3 is 5.32 Å². The Morgan fingerprint density at radius 3 is 2.92 bits per heavy atom. The number of nitrogens with one attached hydrogen (secondary N) is 1. The molecule has 0 saturated carbocycles. The average Bonchev–Trinajstić information content (AvgIpc) is 2.21. The molecule has 0 saturated heterocycles. The zero-order valence-corrected chi connectivity index (χ0v) is 8.33. The summed E-state index contributed by atoms with van der Waals surface area (Å²) in [4.78, 5) is 8.13. The fourth-order valence-electron chi connectivity index (χ4n) is 1.36. The van der Waals surface area contributed by atoms with Crippen LogP contribution in [0.5, 0.6) is 0 Å². The number of aromatic nitrogens is 2. The van der Waals surface area contributed by atoms with Gasteiger partial charge in [-0.1, -0.05) is 19.8 Å². The molecular weight excluding hydrogens is 162 g/mol. The molecule has 0 radical (unpaired) electrons. The van der Waals surface area contributed by atoms with E-state index in [2.05, 4.69) is 22.2 Å². The number of unbranched alkanes of at least 4 members (excludes halogenated alkanes) is 1. The fraction of sp³-hybridized carbons (Fsp3) is 0.600. The van der Waals surface area contributed by atoms with Gasteiger partial charge in [-0.05, 0) is 19.5 Å². The van der Waals surface area contributed by atoms with E-state index in [1.54, 1.807) is 12.5 Å². The lowest BCUT2D eigenvalue weighted by Crippen LogP contribution is -2.17. The quantitative estimate of drug-likeness (QED) is 0.750. The minimum atomic E-state index is 0.378. The molecular formula is C10H17N3. The summed E-state index contributed by atoms with van der Waals surface area (Å²) in [6.07, 6.45) is 6.99. The summed E-state index contributed by atoms with van der Waals surface area (Å²) in [5, 5.41) is 3.26. The van der Waals surface area contributed by atoms with E-state index in [9.17, 15) is 0 Å². The van der Waals surface area contributed by atoms with Crippen molar-refractivity contribution in [1.29, 1.82) is 0 Å². The molecule has 0 bridgehead atoms. The third-order valence-corrected chi connectivity index (χ3v) is 2.16. The number of nitrogens with zero attached hydrogens (tertiary/aromatic N) is 2. The van der Waals surface area contributed by atoms with Crippen LogP contribution in [0.3, 0.4) is 0 Å². The van der Waals surface area contributed by atoms with Gasteiger partial charge in [0.1, 0.15) is 6.33 Å². The van der Waals surface area contributed by atoms with Crippen LogP contribution < -0.4 is 5.32 Å². The van der Waals surface area contributed by atoms with Gasteiger partial charge in [0.2, 0.25) is 0 Å². The smallest absolute Gasteiger partial charge is 0.115 e. The summed E-state index contributed by atoms with van der Waals surface area (Å²) in [6, 6.07) is 2.35. The molecule has 3 nitrogen and oxygen atoms in total. The molecule has 0 spiro atoms. The Balaban J connectivity index is 2.56. The molecule has 0 fully saturated rings. The van der Waals surface area contributed by atoms with Gasteiger partial charge in [0.15, 0.2) is 0 Å². The van der Waals surface area contributed by atoms with Crippen molar-refractivity contribution in [2.24, 2.45) is 0 Å². The van der Waals surface area contributed by atoms with Crippen LogP contribution in [0.15, 0.2) is 18.6 Å². The maximum atomic E-state index is 4.23. The van der Waals surface area contributed by atoms with Gasteiger partial charge in [-0.2, -0.15) is 0 Å². The predicted molar refractivity (Wildman–Crippen MR) is 53.4 cm³/mol. The van der Waals surface area contributed by atoms with Crippen molar-refractivity contribution in [3.05, 3.63) is 24.3 Å². The van der Waals surface area contributed by atoms with Gasteiger partial charge in [-0.15, -0.1) is 0 Å². The Kier molecular flexibility index (Phi) is 4.40. The van der Waals surface area contributed by atoms with Crippen molar-refractivity contribution in [2.75, 3.05) is 7.05 Å². The van der Waals surface area contributed by atoms with Gasteiger partial charge >= 0.3 is 0 Å². The number of hydrogen-bond donors (Lipinski definition) is 1. The first-order valence-corrected chi connectivity index (χ1v) is 4.81. The van der Waals surface area contributed by atoms with E-state index < -0.39 is 0 Å². The van der Waals surface area contributed by atoms with Crippen molar-refractivity contribution >= 4 is 0 Å². The molecule has 0 amide bonds. The molecule has 1 N–H and O–H groups in total. The van der Waals surface area contributed by atoms with Crippen molar-refractivity contribution in [2.45, 2.75) is 32.2 Å². The van der Waals surface area contributed by atoms with Crippen LogP contribution in [0.2, 0.25) is 0 Å². The second-order valence-electron chi connectivity index (χ2n) is 3.12. The van der Waals surface area contributed by atoms with Crippen molar-refractivity contribution < 1.29 is 0 Å². The summed E-state index contributed by atoms with van der Waals surface area (Å²) in [5.74, 6) is 0. The van der Waals surface area contributed by atoms with Crippen LogP contribution in [-0.4, -0.2) is 17.0 Å². The Hall–Kier alpha value is -0.960. The van der Waals surface area contributed by atoms with E-state index >= 15 is 0 Å². The SMILES string of the molecule is CCCCC(NC)c1ccncn1. The molecule has 0 aliphatic heterocycles. The lowest BCUT2D eigenvalue weighted by atomic mass is 10.1. The molecule has 1 heterocycles. The van der Waals surface area contributed by atoms with Crippen LogP contribution in [-0.2, 0) is 0 Å². The minimum Gasteiger partial charge on any atom is -0.312 e. The summed E-state index contributed by atoms with van der Waals surface area (Å²) in [7, 11) is 1.97. The molecule has 1 aromatic heterocycles. The van der Waals surface area contributed by atoms with E-state index in [1.165, 1.54) is 12.8 Å². The Bertz CT molecular complexity index is 223. The zero-order chi connectivity index (χ0) is 9.52. The van der Waals surface area contributed by atoms with Crippen LogP contribution in [0, 0.1) is 0 Å². The van der Waals surface area contributed by atoms with Gasteiger partial charge in [0.05, 0.1) is 5.69 Å². The van der Waals surface area contributed by atoms with Gasteiger partial charge in [-0.3, -0.25) is 0 Å². The van der Waals surface area contributed by atoms with E-state index in [0.717, 1.165) is 12.1 Å². The third kappa shape index (κ3) is 3.11. The molecule has 0 aliphatic rings. The first kappa shape index (κ1) is 10.1. The van der Waals surface area contributed by atoms with E-state index in [4.69, 9.17) is 0 Å². The van der Waals surface area contributed by atoms with Gasteiger partial charge in [0.25, 0.3) is 0 Å². The van der Waals surface area contributed by atoms with Crippen LogP contribution in [0.1, 0.15) is 37.9 Å². The molecule has 72 valence electrons. The van der Waals surface area contributed by atoms with Crippen molar-refractivity contribution in [1.82, 2.24) is 15.3 Å². The Morgan fingerprint density at radius 2 is 2.38 bits per heavy atom. The summed E-state index contributed by atoms with van der Waals surface area (Å²) < 4.78 is 0. The van der Waals surface area contributed by atoms with Crippen molar-refractivity contribution in [3.8, 4) is 0 Å². The Morgan fingerprint density at radius 1 is 1.54 bits per heavy atom. The maximum absolute atomic E-state index is 4.23. The summed E-state index contributed by atoms with van der Waals surface area (Å²) in [5.41, 5.74) is 1.09. The van der Waals surface area contributed by atoms with E-state index in [0.29, 0.717) is 6.04 Å². The first-order valence-electron chi connectivity index (χ1n) is 4.81. The van der Waals surface area contributed by atoms with Crippen LogP contribution in [0.25, 0.3) is 0 Å². The number of rotatable bonds is 5. The molecule has 0 aliphatic carbocycles. The largest absolute Gasteiger partial charge is 0.312 e. The highest BCUT2D eigenvalue weighted by atomic mass is 14.9. The highest BCUT2D eigenvalue weighted by Crippen LogP contribution is 2.15. The summed E-state index contributed by atoms with van der Waals surface area (Å²) in [6.45, 7) is 2.20. The zero-order valence-electron chi connectivity index (χ0n) is 8.33. The predicted octanol–water partition coefficient (Wildman–Crippen LogP) is 1.93. The van der Waals surface area contributed by atoms with Crippen molar-refractivity contribution in [3.63, 3.8) is 0 Å². The van der Waals surface area contributed by atoms with Gasteiger partial charge in [0, 0.05) is 12.2 Å². The molecule has 13 heavy (non-hydrogen) atoms. The number of hydrogen-bond acceptors (Lipinski definition) is 3. The monoisotopic (exact) mass is 179 g/mol. The summed E-state index contributed by atoms with van der Waals surface area (Å²) >= 11 is 0. The van der Waals surface area contributed by atoms with Crippen LogP contribution in [0.4, 0.5) is 0 Å². The molecule has 1 aromatic rings.